The van der Waals surface area contributed by atoms with Crippen molar-refractivity contribution < 1.29 is 13.2 Å². The van der Waals surface area contributed by atoms with Crippen molar-refractivity contribution in [3.05, 3.63) is 23.9 Å². The highest BCUT2D eigenvalue weighted by molar-refractivity contribution is 5.27. The lowest BCUT2D eigenvalue weighted by Crippen LogP contribution is -2.29. The zero-order valence-electron chi connectivity index (χ0n) is 7.60. The van der Waals surface area contributed by atoms with Gasteiger partial charge in [0.05, 0.1) is 5.57 Å². The van der Waals surface area contributed by atoms with Gasteiger partial charge < -0.3 is 4.90 Å². The van der Waals surface area contributed by atoms with Gasteiger partial charge in [0.2, 0.25) is 0 Å². The quantitative estimate of drug-likeness (QED) is 0.616. The molecule has 0 unspecified atom stereocenters. The number of hydrogen-bond donors (Lipinski definition) is 0. The van der Waals surface area contributed by atoms with Crippen molar-refractivity contribution in [1.82, 2.24) is 4.90 Å². The third kappa shape index (κ3) is 2.50. The lowest BCUT2D eigenvalue weighted by molar-refractivity contribution is -0.0889. The second kappa shape index (κ2) is 3.44. The summed E-state index contributed by atoms with van der Waals surface area (Å²) in [5.41, 5.74) is -0.551. The van der Waals surface area contributed by atoms with Gasteiger partial charge in [-0.3, -0.25) is 0 Å². The van der Waals surface area contributed by atoms with Gasteiger partial charge in [0, 0.05) is 18.8 Å². The van der Waals surface area contributed by atoms with Crippen LogP contribution in [0.4, 0.5) is 13.2 Å². The highest BCUT2D eigenvalue weighted by atomic mass is 19.4. The van der Waals surface area contributed by atoms with Crippen molar-refractivity contribution in [2.24, 2.45) is 0 Å². The summed E-state index contributed by atoms with van der Waals surface area (Å²) in [7, 11) is 0. The van der Waals surface area contributed by atoms with Crippen LogP contribution in [0.1, 0.15) is 13.8 Å². The van der Waals surface area contributed by atoms with Gasteiger partial charge in [-0.2, -0.15) is 13.2 Å². The molecular formula is C9H12F3N. The van der Waals surface area contributed by atoms with E-state index >= 15 is 0 Å². The Morgan fingerprint density at radius 1 is 1.38 bits per heavy atom. The lowest BCUT2D eigenvalue weighted by atomic mass is 10.1. The van der Waals surface area contributed by atoms with Crippen LogP contribution in [-0.4, -0.2) is 23.7 Å². The third-order valence-electron chi connectivity index (χ3n) is 1.96. The Morgan fingerprint density at radius 2 is 2.00 bits per heavy atom. The highest BCUT2D eigenvalue weighted by Crippen LogP contribution is 2.28. The maximum atomic E-state index is 12.1. The van der Waals surface area contributed by atoms with Gasteiger partial charge in [-0.15, -0.1) is 0 Å². The van der Waals surface area contributed by atoms with E-state index in [1.165, 1.54) is 12.3 Å². The molecular weight excluding hydrogens is 179 g/mol. The molecule has 1 aliphatic rings. The van der Waals surface area contributed by atoms with E-state index < -0.39 is 11.7 Å². The third-order valence-corrected chi connectivity index (χ3v) is 1.96. The second-order valence-corrected chi connectivity index (χ2v) is 3.26. The van der Waals surface area contributed by atoms with Crippen molar-refractivity contribution >= 4 is 0 Å². The summed E-state index contributed by atoms with van der Waals surface area (Å²) in [5, 5.41) is 0. The second-order valence-electron chi connectivity index (χ2n) is 3.26. The Morgan fingerprint density at radius 3 is 2.31 bits per heavy atom. The number of nitrogens with zero attached hydrogens (tertiary/aromatic N) is 1. The van der Waals surface area contributed by atoms with Crippen LogP contribution in [0.3, 0.4) is 0 Å². The van der Waals surface area contributed by atoms with Gasteiger partial charge >= 0.3 is 6.18 Å². The Kier molecular flexibility index (Phi) is 2.68. The van der Waals surface area contributed by atoms with Crippen LogP contribution < -0.4 is 0 Å². The Labute approximate surface area is 75.5 Å². The first-order valence-electron chi connectivity index (χ1n) is 4.12. The molecule has 0 radical (unpaired) electrons. The summed E-state index contributed by atoms with van der Waals surface area (Å²) in [5.74, 6) is 0. The topological polar surface area (TPSA) is 3.24 Å². The van der Waals surface area contributed by atoms with E-state index in [1.807, 2.05) is 18.7 Å². The lowest BCUT2D eigenvalue weighted by Gasteiger charge is -2.26. The summed E-state index contributed by atoms with van der Waals surface area (Å²) in [6.07, 6.45) is -0.392. The van der Waals surface area contributed by atoms with E-state index in [-0.39, 0.29) is 6.04 Å². The molecule has 0 aromatic carbocycles. The summed E-state index contributed by atoms with van der Waals surface area (Å²) in [6.45, 7) is 4.22. The predicted octanol–water partition coefficient (Wildman–Crippen LogP) is 2.71. The molecule has 0 fully saturated rings. The molecule has 1 nitrogen and oxygen atoms in total. The smallest absolute Gasteiger partial charge is 0.371 e. The molecule has 0 aromatic heterocycles. The van der Waals surface area contributed by atoms with E-state index in [4.69, 9.17) is 0 Å². The first-order chi connectivity index (χ1) is 5.91. The number of halogens is 3. The molecule has 0 bridgehead atoms. The van der Waals surface area contributed by atoms with Crippen molar-refractivity contribution in [3.8, 4) is 0 Å². The van der Waals surface area contributed by atoms with Crippen LogP contribution in [0, 0.1) is 0 Å². The largest absolute Gasteiger partial charge is 0.416 e. The fourth-order valence-corrected chi connectivity index (χ4v) is 1.10. The van der Waals surface area contributed by atoms with Crippen LogP contribution in [0.5, 0.6) is 0 Å². The molecule has 0 amide bonds. The monoisotopic (exact) mass is 191 g/mol. The summed E-state index contributed by atoms with van der Waals surface area (Å²) in [4.78, 5) is 1.84. The van der Waals surface area contributed by atoms with E-state index in [2.05, 4.69) is 0 Å². The van der Waals surface area contributed by atoms with Crippen molar-refractivity contribution in [2.45, 2.75) is 26.1 Å². The standard InChI is InChI=1S/C9H12F3N/c1-7(2)13-5-3-8(4-6-13)9(10,11)12/h3-5,7H,6H2,1-2H3. The first-order valence-corrected chi connectivity index (χ1v) is 4.12. The van der Waals surface area contributed by atoms with Gasteiger partial charge in [-0.05, 0) is 19.9 Å². The molecule has 1 aliphatic heterocycles. The molecule has 0 aliphatic carbocycles. The number of allylic oxidation sites excluding steroid dienone is 2. The van der Waals surface area contributed by atoms with Crippen LogP contribution >= 0.6 is 0 Å². The minimum atomic E-state index is -4.21. The molecule has 0 N–H and O–H groups in total. The molecule has 0 saturated heterocycles. The van der Waals surface area contributed by atoms with Gasteiger partial charge in [-0.1, -0.05) is 6.08 Å². The summed E-state index contributed by atoms with van der Waals surface area (Å²) >= 11 is 0. The van der Waals surface area contributed by atoms with E-state index in [0.29, 0.717) is 6.54 Å². The maximum absolute atomic E-state index is 12.1. The van der Waals surface area contributed by atoms with Gasteiger partial charge in [0.1, 0.15) is 0 Å². The van der Waals surface area contributed by atoms with Crippen LogP contribution in [-0.2, 0) is 0 Å². The van der Waals surface area contributed by atoms with Crippen molar-refractivity contribution in [3.63, 3.8) is 0 Å². The molecule has 0 spiro atoms. The van der Waals surface area contributed by atoms with Gasteiger partial charge in [0.25, 0.3) is 0 Å². The fourth-order valence-electron chi connectivity index (χ4n) is 1.10. The average molecular weight is 191 g/mol. The van der Waals surface area contributed by atoms with Crippen LogP contribution in [0.15, 0.2) is 23.9 Å². The minimum Gasteiger partial charge on any atom is -0.371 e. The zero-order valence-corrected chi connectivity index (χ0v) is 7.60. The maximum Gasteiger partial charge on any atom is 0.416 e. The molecule has 13 heavy (non-hydrogen) atoms. The normalized spacial score (nSPS) is 18.0. The SMILES string of the molecule is CC(C)N1C=CC(C(F)(F)F)=CC1. The minimum absolute atomic E-state index is 0.238. The van der Waals surface area contributed by atoms with Gasteiger partial charge in [-0.25, -0.2) is 0 Å². The Balaban J connectivity index is 2.66. The summed E-state index contributed by atoms with van der Waals surface area (Å²) in [6, 6.07) is 0.238. The predicted molar refractivity (Wildman–Crippen MR) is 45.1 cm³/mol. The zero-order chi connectivity index (χ0) is 10.1. The van der Waals surface area contributed by atoms with Crippen molar-refractivity contribution in [1.29, 1.82) is 0 Å². The number of rotatable bonds is 1. The number of hydrogen-bond acceptors (Lipinski definition) is 1. The molecule has 0 aromatic rings. The average Bonchev–Trinajstić information content (AvgIpc) is 2.03. The highest BCUT2D eigenvalue weighted by Gasteiger charge is 2.32. The van der Waals surface area contributed by atoms with E-state index in [0.717, 1.165) is 6.08 Å². The van der Waals surface area contributed by atoms with Crippen molar-refractivity contribution in [2.75, 3.05) is 6.54 Å². The molecule has 1 heterocycles. The molecule has 0 saturated carbocycles. The van der Waals surface area contributed by atoms with Crippen LogP contribution in [0.25, 0.3) is 0 Å². The van der Waals surface area contributed by atoms with Gasteiger partial charge in [0.15, 0.2) is 0 Å². The molecule has 4 heteroatoms. The summed E-state index contributed by atoms with van der Waals surface area (Å²) < 4.78 is 36.4. The molecule has 1 rings (SSSR count). The molecule has 74 valence electrons. The Bertz CT molecular complexity index is 238. The fraction of sp³-hybridized carbons (Fsp3) is 0.556. The first kappa shape index (κ1) is 10.2. The molecule has 0 atom stereocenters. The van der Waals surface area contributed by atoms with Crippen LogP contribution in [0.2, 0.25) is 0 Å². The Hall–Kier alpha value is -0.930. The van der Waals surface area contributed by atoms with E-state index in [9.17, 15) is 13.2 Å². The number of alkyl halides is 3. The van der Waals surface area contributed by atoms with E-state index in [1.54, 1.807) is 0 Å².